The molecule has 2 N–H and O–H groups in total. The molecule has 3 fully saturated rings. The Kier molecular flexibility index (Phi) is 3.42. The molecule has 98 valence electrons. The van der Waals surface area contributed by atoms with Crippen LogP contribution in [0.25, 0.3) is 0 Å². The monoisotopic (exact) mass is 239 g/mol. The fourth-order valence-corrected chi connectivity index (χ4v) is 3.63. The van der Waals surface area contributed by atoms with Gasteiger partial charge in [0.1, 0.15) is 0 Å². The normalized spacial score (nSPS) is 41.1. The van der Waals surface area contributed by atoms with Crippen LogP contribution in [0.3, 0.4) is 0 Å². The maximum atomic E-state index is 6.17. The van der Waals surface area contributed by atoms with Gasteiger partial charge in [-0.15, -0.1) is 0 Å². The van der Waals surface area contributed by atoms with E-state index in [4.69, 9.17) is 15.2 Å². The van der Waals surface area contributed by atoms with E-state index in [0.717, 1.165) is 32.3 Å². The standard InChI is InChI=1S/C14H25NO2/c15-11-8-13(9-11)17-12-4-7-16-14(10-12)5-2-1-3-6-14/h11-13H,1-10,15H2. The molecule has 1 heterocycles. The molecule has 3 heteroatoms. The Balaban J connectivity index is 1.52. The maximum Gasteiger partial charge on any atom is 0.0707 e. The van der Waals surface area contributed by atoms with E-state index in [0.29, 0.717) is 18.2 Å². The fourth-order valence-electron chi connectivity index (χ4n) is 3.63. The number of hydrogen-bond acceptors (Lipinski definition) is 3. The number of rotatable bonds is 2. The number of ether oxygens (including phenoxy) is 2. The lowest BCUT2D eigenvalue weighted by Crippen LogP contribution is -2.48. The van der Waals surface area contributed by atoms with Crippen LogP contribution in [0.15, 0.2) is 0 Å². The van der Waals surface area contributed by atoms with Gasteiger partial charge in [0.25, 0.3) is 0 Å². The summed E-state index contributed by atoms with van der Waals surface area (Å²) in [6, 6.07) is 0.392. The van der Waals surface area contributed by atoms with Crippen molar-refractivity contribution < 1.29 is 9.47 Å². The Labute approximate surface area is 104 Å². The Morgan fingerprint density at radius 1 is 1.06 bits per heavy atom. The molecule has 1 atom stereocenters. The second-order valence-corrected chi connectivity index (χ2v) is 6.20. The van der Waals surface area contributed by atoms with E-state index in [1.54, 1.807) is 0 Å². The van der Waals surface area contributed by atoms with E-state index >= 15 is 0 Å². The maximum absolute atomic E-state index is 6.17. The molecule has 0 radical (unpaired) electrons. The van der Waals surface area contributed by atoms with Gasteiger partial charge in [0.2, 0.25) is 0 Å². The van der Waals surface area contributed by atoms with E-state index < -0.39 is 0 Å². The minimum atomic E-state index is 0.174. The summed E-state index contributed by atoms with van der Waals surface area (Å²) in [6.45, 7) is 0.892. The van der Waals surface area contributed by atoms with Gasteiger partial charge in [-0.1, -0.05) is 19.3 Å². The van der Waals surface area contributed by atoms with E-state index in [1.807, 2.05) is 0 Å². The van der Waals surface area contributed by atoms with E-state index in [1.165, 1.54) is 32.1 Å². The molecular formula is C14H25NO2. The van der Waals surface area contributed by atoms with Crippen LogP contribution in [-0.2, 0) is 9.47 Å². The van der Waals surface area contributed by atoms with Crippen LogP contribution < -0.4 is 5.73 Å². The van der Waals surface area contributed by atoms with Gasteiger partial charge >= 0.3 is 0 Å². The van der Waals surface area contributed by atoms with E-state index in [9.17, 15) is 0 Å². The Bertz CT molecular complexity index is 251. The molecule has 3 rings (SSSR count). The van der Waals surface area contributed by atoms with Gasteiger partial charge in [0, 0.05) is 19.1 Å². The van der Waals surface area contributed by atoms with Crippen molar-refractivity contribution in [2.24, 2.45) is 5.73 Å². The average molecular weight is 239 g/mol. The van der Waals surface area contributed by atoms with Crippen molar-refractivity contribution in [2.75, 3.05) is 6.61 Å². The van der Waals surface area contributed by atoms with Crippen LogP contribution in [0.5, 0.6) is 0 Å². The highest BCUT2D eigenvalue weighted by Gasteiger charge is 2.40. The SMILES string of the molecule is NC1CC(OC2CCOC3(CCCCC3)C2)C1. The topological polar surface area (TPSA) is 44.5 Å². The molecule has 3 aliphatic rings. The molecule has 1 saturated heterocycles. The molecule has 1 aliphatic heterocycles. The first-order valence-electron chi connectivity index (χ1n) is 7.31. The molecule has 0 aromatic heterocycles. The van der Waals surface area contributed by atoms with Crippen LogP contribution in [0.4, 0.5) is 0 Å². The zero-order valence-electron chi connectivity index (χ0n) is 10.7. The minimum Gasteiger partial charge on any atom is -0.375 e. The van der Waals surface area contributed by atoms with Gasteiger partial charge in [-0.2, -0.15) is 0 Å². The van der Waals surface area contributed by atoms with Crippen LogP contribution in [0, 0.1) is 0 Å². The summed E-state index contributed by atoms with van der Waals surface area (Å²) in [5, 5.41) is 0. The van der Waals surface area contributed by atoms with Crippen molar-refractivity contribution >= 4 is 0 Å². The molecule has 0 aromatic rings. The van der Waals surface area contributed by atoms with E-state index in [-0.39, 0.29) is 5.60 Å². The molecule has 2 saturated carbocycles. The highest BCUT2D eigenvalue weighted by molar-refractivity contribution is 4.92. The summed E-state index contributed by atoms with van der Waals surface area (Å²) in [5.41, 5.74) is 5.98. The Morgan fingerprint density at radius 2 is 1.82 bits per heavy atom. The first-order valence-corrected chi connectivity index (χ1v) is 7.31. The summed E-state index contributed by atoms with van der Waals surface area (Å²) < 4.78 is 12.3. The predicted molar refractivity (Wildman–Crippen MR) is 66.9 cm³/mol. The third kappa shape index (κ3) is 2.67. The largest absolute Gasteiger partial charge is 0.375 e. The smallest absolute Gasteiger partial charge is 0.0707 e. The lowest BCUT2D eigenvalue weighted by Gasteiger charge is -2.45. The van der Waals surface area contributed by atoms with Gasteiger partial charge in [-0.3, -0.25) is 0 Å². The lowest BCUT2D eigenvalue weighted by atomic mass is 9.78. The van der Waals surface area contributed by atoms with Crippen LogP contribution in [0.2, 0.25) is 0 Å². The lowest BCUT2D eigenvalue weighted by molar-refractivity contribution is -0.170. The molecule has 3 nitrogen and oxygen atoms in total. The quantitative estimate of drug-likeness (QED) is 0.804. The van der Waals surface area contributed by atoms with Gasteiger partial charge in [-0.05, 0) is 32.1 Å². The summed E-state index contributed by atoms with van der Waals surface area (Å²) >= 11 is 0. The third-order valence-corrected chi connectivity index (χ3v) is 4.73. The summed E-state index contributed by atoms with van der Waals surface area (Å²) in [6.07, 6.45) is 11.7. The van der Waals surface area contributed by atoms with Gasteiger partial charge in [0.15, 0.2) is 0 Å². The van der Waals surface area contributed by atoms with Gasteiger partial charge in [-0.25, -0.2) is 0 Å². The molecule has 1 unspecified atom stereocenters. The molecule has 0 amide bonds. The van der Waals surface area contributed by atoms with Crippen molar-refractivity contribution in [2.45, 2.75) is 81.6 Å². The summed E-state index contributed by atoms with van der Waals surface area (Å²) in [4.78, 5) is 0. The Hall–Kier alpha value is -0.120. The fraction of sp³-hybridized carbons (Fsp3) is 1.00. The molecule has 0 aromatic carbocycles. The van der Waals surface area contributed by atoms with Crippen molar-refractivity contribution in [3.05, 3.63) is 0 Å². The zero-order chi connectivity index (χ0) is 11.7. The average Bonchev–Trinajstić information content (AvgIpc) is 2.28. The number of nitrogens with two attached hydrogens (primary N) is 1. The molecule has 2 aliphatic carbocycles. The second-order valence-electron chi connectivity index (χ2n) is 6.20. The summed E-state index contributed by atoms with van der Waals surface area (Å²) in [7, 11) is 0. The van der Waals surface area contributed by atoms with E-state index in [2.05, 4.69) is 0 Å². The number of hydrogen-bond donors (Lipinski definition) is 1. The van der Waals surface area contributed by atoms with Crippen molar-refractivity contribution in [1.82, 2.24) is 0 Å². The van der Waals surface area contributed by atoms with Crippen molar-refractivity contribution in [3.63, 3.8) is 0 Å². The van der Waals surface area contributed by atoms with Crippen LogP contribution in [-0.4, -0.2) is 30.5 Å². The van der Waals surface area contributed by atoms with Crippen LogP contribution >= 0.6 is 0 Å². The minimum absolute atomic E-state index is 0.174. The first-order chi connectivity index (χ1) is 8.26. The molecule has 1 spiro atoms. The van der Waals surface area contributed by atoms with Crippen molar-refractivity contribution in [1.29, 1.82) is 0 Å². The third-order valence-electron chi connectivity index (χ3n) is 4.73. The second kappa shape index (κ2) is 4.87. The Morgan fingerprint density at radius 3 is 2.53 bits per heavy atom. The summed E-state index contributed by atoms with van der Waals surface area (Å²) in [5.74, 6) is 0. The highest BCUT2D eigenvalue weighted by Crippen LogP contribution is 2.40. The van der Waals surface area contributed by atoms with Crippen LogP contribution in [0.1, 0.15) is 57.8 Å². The zero-order valence-corrected chi connectivity index (χ0v) is 10.7. The highest BCUT2D eigenvalue weighted by atomic mass is 16.5. The molecule has 0 bridgehead atoms. The molecule has 17 heavy (non-hydrogen) atoms. The molecular weight excluding hydrogens is 214 g/mol. The van der Waals surface area contributed by atoms with Gasteiger partial charge < -0.3 is 15.2 Å². The predicted octanol–water partition coefficient (Wildman–Crippen LogP) is 2.37. The van der Waals surface area contributed by atoms with Gasteiger partial charge in [0.05, 0.1) is 17.8 Å². The first kappa shape index (κ1) is 11.9. The van der Waals surface area contributed by atoms with Crippen molar-refractivity contribution in [3.8, 4) is 0 Å².